The quantitative estimate of drug-likeness (QED) is 0.362. The van der Waals surface area contributed by atoms with E-state index >= 15 is 0 Å². The van der Waals surface area contributed by atoms with Crippen LogP contribution in [0.3, 0.4) is 0 Å². The van der Waals surface area contributed by atoms with Gasteiger partial charge in [0.1, 0.15) is 4.98 Å². The van der Waals surface area contributed by atoms with E-state index in [0.29, 0.717) is 0 Å². The van der Waals surface area contributed by atoms with Crippen molar-refractivity contribution in [2.45, 2.75) is 96.6 Å². The van der Waals surface area contributed by atoms with Crippen molar-refractivity contribution in [3.63, 3.8) is 0 Å². The van der Waals surface area contributed by atoms with Crippen molar-refractivity contribution < 1.29 is 0 Å². The molecule has 3 heteroatoms. The van der Waals surface area contributed by atoms with Crippen molar-refractivity contribution in [3.05, 3.63) is 4.98 Å². The minimum absolute atomic E-state index is 0.367. The average molecular weight is 254 g/mol. The van der Waals surface area contributed by atoms with Crippen molar-refractivity contribution in [2.75, 3.05) is 0 Å². The van der Waals surface area contributed by atoms with E-state index in [0.717, 1.165) is 12.8 Å². The Morgan fingerprint density at radius 1 is 0.778 bits per heavy atom. The third kappa shape index (κ3) is 13.4. The highest BCUT2D eigenvalue weighted by atomic mass is 15.0. The zero-order valence-corrected chi connectivity index (χ0v) is 12.2. The Kier molecular flexibility index (Phi) is 13.9. The summed E-state index contributed by atoms with van der Waals surface area (Å²) < 4.78 is 0. The van der Waals surface area contributed by atoms with Gasteiger partial charge in [0.25, 0.3) is 0 Å². The monoisotopic (exact) mass is 254 g/mol. The number of unbranched alkanes of at least 4 members (excludes halogenated alkanes) is 11. The van der Waals surface area contributed by atoms with E-state index in [1.165, 1.54) is 70.6 Å². The molecule has 0 saturated carbocycles. The van der Waals surface area contributed by atoms with Crippen molar-refractivity contribution in [1.82, 2.24) is 0 Å². The van der Waals surface area contributed by atoms with Crippen LogP contribution in [-0.2, 0) is 0 Å². The van der Waals surface area contributed by atoms with Crippen LogP contribution in [0.4, 0.5) is 0 Å². The molecule has 0 aliphatic heterocycles. The highest BCUT2D eigenvalue weighted by Gasteiger charge is 2.10. The van der Waals surface area contributed by atoms with Crippen molar-refractivity contribution in [3.8, 4) is 0 Å². The zero-order chi connectivity index (χ0) is 13.5. The summed E-state index contributed by atoms with van der Waals surface area (Å²) in [4.78, 5) is 3.06. The summed E-state index contributed by atoms with van der Waals surface area (Å²) in [6.45, 7) is 2.27. The first-order valence-electron chi connectivity index (χ1n) is 7.91. The second-order valence-corrected chi connectivity index (χ2v) is 5.36. The van der Waals surface area contributed by atoms with Crippen LogP contribution in [0, 0.1) is 5.39 Å². The number of hydrogen-bond acceptors (Lipinski definition) is 2. The van der Waals surface area contributed by atoms with Crippen LogP contribution in [0.15, 0.2) is 0 Å². The van der Waals surface area contributed by atoms with Crippen LogP contribution in [0.1, 0.15) is 90.4 Å². The van der Waals surface area contributed by atoms with E-state index in [1.54, 1.807) is 0 Å². The van der Waals surface area contributed by atoms with E-state index in [2.05, 4.69) is 11.9 Å². The fourth-order valence-corrected chi connectivity index (χ4v) is 2.25. The molecule has 0 rings (SSSR count). The van der Waals surface area contributed by atoms with Gasteiger partial charge in [-0.1, -0.05) is 77.6 Å². The lowest BCUT2D eigenvalue weighted by molar-refractivity contribution is 0.533. The molecule has 1 atom stereocenters. The van der Waals surface area contributed by atoms with Gasteiger partial charge >= 0.3 is 6.17 Å². The molecule has 1 unspecified atom stereocenters. The van der Waals surface area contributed by atoms with E-state index in [1.807, 2.05) is 0 Å². The lowest BCUT2D eigenvalue weighted by atomic mass is 10.0. The maximum Gasteiger partial charge on any atom is 0.366 e. The van der Waals surface area contributed by atoms with Gasteiger partial charge in [-0.2, -0.15) is 0 Å². The number of diazo groups is 1. The molecule has 0 fully saturated rings. The minimum Gasteiger partial charge on any atom is -0.254 e. The normalized spacial score (nSPS) is 12.3. The summed E-state index contributed by atoms with van der Waals surface area (Å²) >= 11 is 0. The molecular formula is C15H32N3+. The Bertz CT molecular complexity index is 198. The summed E-state index contributed by atoms with van der Waals surface area (Å²) in [6, 6.07) is 0. The Labute approximate surface area is 113 Å². The first kappa shape index (κ1) is 17.4. The molecule has 0 aromatic carbocycles. The number of rotatable bonds is 13. The van der Waals surface area contributed by atoms with Gasteiger partial charge < -0.3 is 0 Å². The third-order valence-electron chi connectivity index (χ3n) is 3.50. The first-order valence-corrected chi connectivity index (χ1v) is 7.91. The number of hydrogen-bond donors (Lipinski definition) is 1. The standard InChI is InChI=1S/C15H32N3/c1-2-3-4-5-6-7-8-9-10-11-12-13-14-15(16)18-17/h15H,2-14,16H2,1H3/q+1. The molecule has 0 radical (unpaired) electrons. The summed E-state index contributed by atoms with van der Waals surface area (Å²) in [6.07, 6.45) is 16.6. The molecule has 0 aliphatic carbocycles. The fourth-order valence-electron chi connectivity index (χ4n) is 2.25. The summed E-state index contributed by atoms with van der Waals surface area (Å²) in [5, 5.41) is 8.41. The molecule has 18 heavy (non-hydrogen) atoms. The molecule has 0 aromatic heterocycles. The molecule has 0 aromatic rings. The third-order valence-corrected chi connectivity index (χ3v) is 3.50. The number of nitrogens with zero attached hydrogens (tertiary/aromatic N) is 2. The highest BCUT2D eigenvalue weighted by molar-refractivity contribution is 4.67. The van der Waals surface area contributed by atoms with Gasteiger partial charge in [0.05, 0.1) is 0 Å². The van der Waals surface area contributed by atoms with E-state index in [9.17, 15) is 0 Å². The summed E-state index contributed by atoms with van der Waals surface area (Å²) in [7, 11) is 0. The van der Waals surface area contributed by atoms with Crippen LogP contribution < -0.4 is 5.73 Å². The molecule has 0 amide bonds. The summed E-state index contributed by atoms with van der Waals surface area (Å²) in [5.41, 5.74) is 5.49. The Morgan fingerprint density at radius 3 is 1.56 bits per heavy atom. The topological polar surface area (TPSA) is 54.2 Å². The molecule has 0 spiro atoms. The lowest BCUT2D eigenvalue weighted by Crippen LogP contribution is -2.13. The maximum atomic E-state index is 8.41. The zero-order valence-electron chi connectivity index (χ0n) is 12.2. The molecule has 3 nitrogen and oxygen atoms in total. The second-order valence-electron chi connectivity index (χ2n) is 5.36. The predicted octanol–water partition coefficient (Wildman–Crippen LogP) is 5.22. The average Bonchev–Trinajstić information content (AvgIpc) is 2.39. The van der Waals surface area contributed by atoms with Gasteiger partial charge in [-0.3, -0.25) is 5.73 Å². The Morgan fingerprint density at radius 2 is 1.17 bits per heavy atom. The molecule has 0 aliphatic rings. The van der Waals surface area contributed by atoms with Gasteiger partial charge in [-0.05, 0) is 6.42 Å². The Balaban J connectivity index is 2.97. The van der Waals surface area contributed by atoms with E-state index in [-0.39, 0.29) is 6.17 Å². The molecule has 0 heterocycles. The molecule has 0 saturated heterocycles. The molecule has 2 N–H and O–H groups in total. The predicted molar refractivity (Wildman–Crippen MR) is 78.8 cm³/mol. The smallest absolute Gasteiger partial charge is 0.254 e. The highest BCUT2D eigenvalue weighted by Crippen LogP contribution is 2.12. The maximum absolute atomic E-state index is 8.41. The van der Waals surface area contributed by atoms with Crippen molar-refractivity contribution in [2.24, 2.45) is 5.73 Å². The van der Waals surface area contributed by atoms with Crippen molar-refractivity contribution >= 4 is 0 Å². The molecular weight excluding hydrogens is 222 g/mol. The van der Waals surface area contributed by atoms with E-state index in [4.69, 9.17) is 11.1 Å². The van der Waals surface area contributed by atoms with Crippen LogP contribution >= 0.6 is 0 Å². The minimum atomic E-state index is -0.367. The van der Waals surface area contributed by atoms with Gasteiger partial charge in [0, 0.05) is 6.42 Å². The van der Waals surface area contributed by atoms with Gasteiger partial charge in [-0.15, -0.1) is 0 Å². The van der Waals surface area contributed by atoms with E-state index < -0.39 is 0 Å². The van der Waals surface area contributed by atoms with Crippen LogP contribution in [-0.4, -0.2) is 6.17 Å². The summed E-state index contributed by atoms with van der Waals surface area (Å²) in [5.74, 6) is 0. The first-order chi connectivity index (χ1) is 8.81. The van der Waals surface area contributed by atoms with Crippen LogP contribution in [0.2, 0.25) is 0 Å². The second kappa shape index (κ2) is 14.4. The largest absolute Gasteiger partial charge is 0.366 e. The van der Waals surface area contributed by atoms with Gasteiger partial charge in [0.2, 0.25) is 5.39 Å². The lowest BCUT2D eigenvalue weighted by Gasteiger charge is -2.02. The fraction of sp³-hybridized carbons (Fsp3) is 1.00. The van der Waals surface area contributed by atoms with Gasteiger partial charge in [0.15, 0.2) is 0 Å². The number of nitrogens with two attached hydrogens (primary N) is 1. The SMILES string of the molecule is CCCCCCCCCCCCCCC(N)[N+]#N. The van der Waals surface area contributed by atoms with Gasteiger partial charge in [-0.25, -0.2) is 0 Å². The van der Waals surface area contributed by atoms with Crippen molar-refractivity contribution in [1.29, 1.82) is 5.39 Å². The molecule has 106 valence electrons. The van der Waals surface area contributed by atoms with Crippen LogP contribution in [0.5, 0.6) is 0 Å². The molecule has 0 bridgehead atoms. The van der Waals surface area contributed by atoms with Crippen LogP contribution in [0.25, 0.3) is 4.98 Å². The Hall–Kier alpha value is -0.620.